The highest BCUT2D eigenvalue weighted by Crippen LogP contribution is 2.43. The summed E-state index contributed by atoms with van der Waals surface area (Å²) >= 11 is 0. The molecule has 0 atom stereocenters. The van der Waals surface area contributed by atoms with Crippen LogP contribution >= 0.6 is 0 Å². The van der Waals surface area contributed by atoms with Gasteiger partial charge in [-0.3, -0.25) is 0 Å². The third kappa shape index (κ3) is 2.94. The third-order valence-corrected chi connectivity index (χ3v) is 5.35. The fourth-order valence-electron chi connectivity index (χ4n) is 2.27. The number of sulfonamides is 1. The van der Waals surface area contributed by atoms with Crippen molar-refractivity contribution < 1.29 is 8.42 Å². The normalized spacial score (nSPS) is 17.5. The first-order chi connectivity index (χ1) is 9.01. The van der Waals surface area contributed by atoms with Gasteiger partial charge in [-0.2, -0.15) is 5.26 Å². The molecule has 1 saturated carbocycles. The van der Waals surface area contributed by atoms with Crippen LogP contribution in [0.3, 0.4) is 0 Å². The quantitative estimate of drug-likeness (QED) is 0.891. The van der Waals surface area contributed by atoms with Crippen molar-refractivity contribution >= 4 is 10.0 Å². The van der Waals surface area contributed by atoms with Crippen molar-refractivity contribution in [3.8, 4) is 6.07 Å². The molecule has 0 unspecified atom stereocenters. The van der Waals surface area contributed by atoms with Gasteiger partial charge in [-0.1, -0.05) is 13.3 Å². The van der Waals surface area contributed by atoms with E-state index in [1.54, 1.807) is 0 Å². The van der Waals surface area contributed by atoms with Crippen LogP contribution in [0, 0.1) is 16.7 Å². The van der Waals surface area contributed by atoms with Gasteiger partial charge in [0.1, 0.15) is 16.7 Å². The average Bonchev–Trinajstić information content (AvgIpc) is 2.38. The molecule has 2 rings (SSSR count). The molecule has 5 nitrogen and oxygen atoms in total. The molecule has 0 saturated heterocycles. The SMILES string of the molecule is CCC1(CNS(=O)(=O)c2ccc(C#N)nc2)CCC1. The monoisotopic (exact) mass is 279 g/mol. The summed E-state index contributed by atoms with van der Waals surface area (Å²) in [5.74, 6) is 0. The molecule has 1 heterocycles. The molecule has 19 heavy (non-hydrogen) atoms. The van der Waals surface area contributed by atoms with Gasteiger partial charge in [0.25, 0.3) is 0 Å². The fourth-order valence-corrected chi connectivity index (χ4v) is 3.37. The molecular weight excluding hydrogens is 262 g/mol. The second-order valence-corrected chi connectivity index (χ2v) is 6.79. The summed E-state index contributed by atoms with van der Waals surface area (Å²) in [6, 6.07) is 4.68. The molecule has 1 aliphatic rings. The zero-order valence-corrected chi connectivity index (χ0v) is 11.7. The van der Waals surface area contributed by atoms with Crippen LogP contribution in [-0.4, -0.2) is 19.9 Å². The summed E-state index contributed by atoms with van der Waals surface area (Å²) in [7, 11) is -3.53. The Morgan fingerprint density at radius 2 is 2.21 bits per heavy atom. The maximum absolute atomic E-state index is 12.1. The smallest absolute Gasteiger partial charge is 0.242 e. The number of nitrogens with one attached hydrogen (secondary N) is 1. The van der Waals surface area contributed by atoms with E-state index < -0.39 is 10.0 Å². The zero-order chi connectivity index (χ0) is 13.9. The van der Waals surface area contributed by atoms with Gasteiger partial charge in [-0.05, 0) is 36.8 Å². The van der Waals surface area contributed by atoms with E-state index in [-0.39, 0.29) is 16.0 Å². The van der Waals surface area contributed by atoms with Gasteiger partial charge in [0.2, 0.25) is 10.0 Å². The highest BCUT2D eigenvalue weighted by Gasteiger charge is 2.36. The molecule has 0 aromatic carbocycles. The van der Waals surface area contributed by atoms with E-state index in [0.29, 0.717) is 6.54 Å². The van der Waals surface area contributed by atoms with Crippen molar-refractivity contribution in [1.29, 1.82) is 5.26 Å². The van der Waals surface area contributed by atoms with Crippen LogP contribution in [0.25, 0.3) is 0 Å². The molecule has 0 amide bonds. The topological polar surface area (TPSA) is 82.9 Å². The molecule has 0 radical (unpaired) electrons. The Morgan fingerprint density at radius 3 is 2.63 bits per heavy atom. The first kappa shape index (κ1) is 14.0. The Balaban J connectivity index is 2.07. The van der Waals surface area contributed by atoms with Crippen LogP contribution in [0.15, 0.2) is 23.2 Å². The first-order valence-electron chi connectivity index (χ1n) is 6.37. The summed E-state index contributed by atoms with van der Waals surface area (Å²) in [5.41, 5.74) is 0.343. The largest absolute Gasteiger partial charge is 0.244 e. The molecule has 102 valence electrons. The van der Waals surface area contributed by atoms with E-state index in [2.05, 4.69) is 16.6 Å². The Hall–Kier alpha value is -1.45. The number of pyridine rings is 1. The maximum atomic E-state index is 12.1. The molecule has 0 aliphatic heterocycles. The van der Waals surface area contributed by atoms with Crippen LogP contribution in [0.2, 0.25) is 0 Å². The molecule has 1 fully saturated rings. The molecule has 1 aromatic heterocycles. The lowest BCUT2D eigenvalue weighted by Crippen LogP contribution is -2.41. The number of rotatable bonds is 5. The predicted molar refractivity (Wildman–Crippen MR) is 70.7 cm³/mol. The second-order valence-electron chi connectivity index (χ2n) is 5.02. The standard InChI is InChI=1S/C13H17N3O2S/c1-2-13(6-3-7-13)10-16-19(17,18)12-5-4-11(8-14)15-9-12/h4-5,9,16H,2-3,6-7,10H2,1H3. The lowest BCUT2D eigenvalue weighted by molar-refractivity contribution is 0.133. The van der Waals surface area contributed by atoms with Crippen molar-refractivity contribution in [2.45, 2.75) is 37.5 Å². The number of nitrogens with zero attached hydrogens (tertiary/aromatic N) is 2. The number of aromatic nitrogens is 1. The minimum absolute atomic E-state index is 0.108. The summed E-state index contributed by atoms with van der Waals surface area (Å²) in [4.78, 5) is 3.89. The van der Waals surface area contributed by atoms with Gasteiger partial charge in [-0.25, -0.2) is 18.1 Å². The molecule has 1 N–H and O–H groups in total. The molecule has 0 bridgehead atoms. The van der Waals surface area contributed by atoms with Gasteiger partial charge < -0.3 is 0 Å². The lowest BCUT2D eigenvalue weighted by Gasteiger charge is -2.41. The predicted octanol–water partition coefficient (Wildman–Crippen LogP) is 1.81. The van der Waals surface area contributed by atoms with Crippen LogP contribution < -0.4 is 4.72 Å². The molecule has 1 aromatic rings. The van der Waals surface area contributed by atoms with E-state index in [0.717, 1.165) is 19.3 Å². The highest BCUT2D eigenvalue weighted by molar-refractivity contribution is 7.89. The molecular formula is C13H17N3O2S. The maximum Gasteiger partial charge on any atom is 0.242 e. The zero-order valence-electron chi connectivity index (χ0n) is 10.9. The molecule has 1 aliphatic carbocycles. The van der Waals surface area contributed by atoms with Gasteiger partial charge in [0, 0.05) is 12.7 Å². The van der Waals surface area contributed by atoms with E-state index in [4.69, 9.17) is 5.26 Å². The van der Waals surface area contributed by atoms with Gasteiger partial charge in [0.15, 0.2) is 0 Å². The fraction of sp³-hybridized carbons (Fsp3) is 0.538. The van der Waals surface area contributed by atoms with Gasteiger partial charge in [0.05, 0.1) is 0 Å². The second kappa shape index (κ2) is 5.27. The first-order valence-corrected chi connectivity index (χ1v) is 7.85. The van der Waals surface area contributed by atoms with Crippen LogP contribution in [0.4, 0.5) is 0 Å². The Kier molecular flexibility index (Phi) is 3.88. The average molecular weight is 279 g/mol. The minimum Gasteiger partial charge on any atom is -0.244 e. The number of hydrogen-bond donors (Lipinski definition) is 1. The molecule has 0 spiro atoms. The van der Waals surface area contributed by atoms with Gasteiger partial charge in [-0.15, -0.1) is 0 Å². The molecule has 6 heteroatoms. The number of hydrogen-bond acceptors (Lipinski definition) is 4. The summed E-state index contributed by atoms with van der Waals surface area (Å²) in [6.45, 7) is 2.57. The summed E-state index contributed by atoms with van der Waals surface area (Å²) in [6.07, 6.45) is 5.55. The van der Waals surface area contributed by atoms with Crippen molar-refractivity contribution in [3.63, 3.8) is 0 Å². The van der Waals surface area contributed by atoms with E-state index >= 15 is 0 Å². The van der Waals surface area contributed by atoms with E-state index in [1.807, 2.05) is 6.07 Å². The third-order valence-electron chi connectivity index (χ3n) is 3.96. The summed E-state index contributed by atoms with van der Waals surface area (Å²) in [5, 5.41) is 8.64. The highest BCUT2D eigenvalue weighted by atomic mass is 32.2. The Morgan fingerprint density at radius 1 is 1.47 bits per heavy atom. The van der Waals surface area contributed by atoms with Crippen molar-refractivity contribution in [2.24, 2.45) is 5.41 Å². The summed E-state index contributed by atoms with van der Waals surface area (Å²) < 4.78 is 26.9. The van der Waals surface area contributed by atoms with Crippen molar-refractivity contribution in [3.05, 3.63) is 24.0 Å². The van der Waals surface area contributed by atoms with E-state index in [9.17, 15) is 8.42 Å². The Bertz CT molecular complexity index is 578. The van der Waals surface area contributed by atoms with Gasteiger partial charge >= 0.3 is 0 Å². The number of nitriles is 1. The van der Waals surface area contributed by atoms with Crippen LogP contribution in [0.1, 0.15) is 38.3 Å². The van der Waals surface area contributed by atoms with Crippen molar-refractivity contribution in [1.82, 2.24) is 9.71 Å². The lowest BCUT2D eigenvalue weighted by atomic mass is 9.67. The van der Waals surface area contributed by atoms with Crippen molar-refractivity contribution in [2.75, 3.05) is 6.54 Å². The Labute approximate surface area is 113 Å². The van der Waals surface area contributed by atoms with E-state index in [1.165, 1.54) is 24.8 Å². The van der Waals surface area contributed by atoms with Crippen LogP contribution in [-0.2, 0) is 10.0 Å². The van der Waals surface area contributed by atoms with Crippen LogP contribution in [0.5, 0.6) is 0 Å². The minimum atomic E-state index is -3.53.